The number of amides is 1. The first kappa shape index (κ1) is 15.7. The predicted molar refractivity (Wildman–Crippen MR) is 93.2 cm³/mol. The molecule has 7 heteroatoms. The molecule has 118 valence electrons. The van der Waals surface area contributed by atoms with Gasteiger partial charge in [-0.2, -0.15) is 5.10 Å². The number of nitrogens with one attached hydrogen (secondary N) is 1. The molecule has 1 aromatic carbocycles. The molecule has 0 saturated carbocycles. The van der Waals surface area contributed by atoms with Crippen LogP contribution in [0.4, 0.5) is 5.13 Å². The third-order valence-corrected chi connectivity index (χ3v) is 4.42. The summed E-state index contributed by atoms with van der Waals surface area (Å²) in [6.07, 6.45) is 1.58. The van der Waals surface area contributed by atoms with E-state index in [1.165, 1.54) is 21.6 Å². The zero-order valence-corrected chi connectivity index (χ0v) is 14.5. The Bertz CT molecular complexity index is 884. The summed E-state index contributed by atoms with van der Waals surface area (Å²) in [5, 5.41) is 9.55. The number of thiazole rings is 1. The Morgan fingerprint density at radius 2 is 2.13 bits per heavy atom. The van der Waals surface area contributed by atoms with Crippen LogP contribution in [0.3, 0.4) is 0 Å². The highest BCUT2D eigenvalue weighted by Gasteiger charge is 2.16. The van der Waals surface area contributed by atoms with Crippen LogP contribution in [0.1, 0.15) is 21.6 Å². The Hall–Kier alpha value is -2.18. The van der Waals surface area contributed by atoms with Crippen LogP contribution >= 0.6 is 22.9 Å². The Morgan fingerprint density at radius 1 is 1.35 bits per heavy atom. The Balaban J connectivity index is 1.82. The molecule has 0 unspecified atom stereocenters. The highest BCUT2D eigenvalue weighted by Crippen LogP contribution is 2.28. The summed E-state index contributed by atoms with van der Waals surface area (Å²) in [6, 6.07) is 6.20. The fourth-order valence-electron chi connectivity index (χ4n) is 2.33. The van der Waals surface area contributed by atoms with Gasteiger partial charge in [-0.3, -0.25) is 14.8 Å². The van der Waals surface area contributed by atoms with Crippen molar-refractivity contribution in [3.8, 4) is 11.3 Å². The number of aryl methyl sites for hydroxylation is 3. The maximum atomic E-state index is 12.2. The molecule has 2 aromatic heterocycles. The van der Waals surface area contributed by atoms with Crippen LogP contribution in [0.25, 0.3) is 11.3 Å². The van der Waals surface area contributed by atoms with Gasteiger partial charge in [-0.1, -0.05) is 35.4 Å². The second-order valence-electron chi connectivity index (χ2n) is 5.31. The molecule has 3 rings (SSSR count). The van der Waals surface area contributed by atoms with E-state index >= 15 is 0 Å². The molecule has 0 aliphatic rings. The van der Waals surface area contributed by atoms with Crippen LogP contribution in [0.15, 0.2) is 29.8 Å². The van der Waals surface area contributed by atoms with Crippen LogP contribution in [0.5, 0.6) is 0 Å². The maximum absolute atomic E-state index is 12.2. The van der Waals surface area contributed by atoms with Crippen molar-refractivity contribution in [2.24, 2.45) is 7.05 Å². The molecule has 0 spiro atoms. The molecular weight excluding hydrogens is 332 g/mol. The second-order valence-corrected chi connectivity index (χ2v) is 6.58. The van der Waals surface area contributed by atoms with Crippen molar-refractivity contribution in [1.82, 2.24) is 14.8 Å². The molecule has 1 N–H and O–H groups in total. The Labute approximate surface area is 142 Å². The zero-order chi connectivity index (χ0) is 16.6. The number of benzene rings is 1. The second kappa shape index (κ2) is 6.14. The lowest BCUT2D eigenvalue weighted by Gasteiger charge is -2.03. The summed E-state index contributed by atoms with van der Waals surface area (Å²) < 4.78 is 1.50. The lowest BCUT2D eigenvalue weighted by molar-refractivity contribution is 0.102. The van der Waals surface area contributed by atoms with Crippen LogP contribution < -0.4 is 5.32 Å². The molecule has 0 fully saturated rings. The minimum atomic E-state index is -0.364. The minimum absolute atomic E-state index is 0.192. The predicted octanol–water partition coefficient (Wildman–Crippen LogP) is 4.07. The van der Waals surface area contributed by atoms with Gasteiger partial charge in [0.25, 0.3) is 5.91 Å². The fourth-order valence-corrected chi connectivity index (χ4v) is 3.30. The van der Waals surface area contributed by atoms with Gasteiger partial charge in [0.05, 0.1) is 10.7 Å². The minimum Gasteiger partial charge on any atom is -0.296 e. The molecule has 0 aliphatic heterocycles. The van der Waals surface area contributed by atoms with Crippen LogP contribution in [0.2, 0.25) is 5.02 Å². The molecule has 0 bridgehead atoms. The first-order chi connectivity index (χ1) is 10.9. The van der Waals surface area contributed by atoms with Crippen LogP contribution in [-0.2, 0) is 7.05 Å². The number of anilines is 1. The van der Waals surface area contributed by atoms with Gasteiger partial charge >= 0.3 is 0 Å². The number of carbonyl (C=O) groups is 1. The van der Waals surface area contributed by atoms with Crippen molar-refractivity contribution in [3.63, 3.8) is 0 Å². The maximum Gasteiger partial charge on any atom is 0.279 e. The van der Waals surface area contributed by atoms with E-state index in [4.69, 9.17) is 11.6 Å². The van der Waals surface area contributed by atoms with Crippen molar-refractivity contribution in [3.05, 3.63) is 51.6 Å². The van der Waals surface area contributed by atoms with E-state index in [0.29, 0.717) is 10.2 Å². The van der Waals surface area contributed by atoms with Gasteiger partial charge < -0.3 is 0 Å². The van der Waals surface area contributed by atoms with Gasteiger partial charge in [0.15, 0.2) is 10.8 Å². The van der Waals surface area contributed by atoms with Crippen LogP contribution in [0, 0.1) is 13.8 Å². The molecule has 2 heterocycles. The molecule has 1 amide bonds. The molecule has 0 atom stereocenters. The smallest absolute Gasteiger partial charge is 0.279 e. The van der Waals surface area contributed by atoms with E-state index in [0.717, 1.165) is 16.8 Å². The molecular formula is C16H15ClN4OS. The Morgan fingerprint density at radius 3 is 2.78 bits per heavy atom. The highest BCUT2D eigenvalue weighted by atomic mass is 35.5. The summed E-state index contributed by atoms with van der Waals surface area (Å²) in [5.41, 5.74) is 4.45. The van der Waals surface area contributed by atoms with Crippen molar-refractivity contribution in [1.29, 1.82) is 0 Å². The summed E-state index contributed by atoms with van der Waals surface area (Å²) >= 11 is 7.35. The molecule has 0 aliphatic carbocycles. The average molecular weight is 347 g/mol. The van der Waals surface area contributed by atoms with Gasteiger partial charge in [-0.15, -0.1) is 11.3 Å². The molecule has 0 saturated heterocycles. The topological polar surface area (TPSA) is 59.8 Å². The van der Waals surface area contributed by atoms with Gasteiger partial charge in [-0.05, 0) is 19.4 Å². The third kappa shape index (κ3) is 3.28. The number of nitrogens with zero attached hydrogens (tertiary/aromatic N) is 3. The van der Waals surface area contributed by atoms with E-state index in [2.05, 4.69) is 28.4 Å². The van der Waals surface area contributed by atoms with Gasteiger partial charge in [0, 0.05) is 24.2 Å². The number of hydrogen-bond donors (Lipinski definition) is 1. The van der Waals surface area contributed by atoms with Crippen molar-refractivity contribution in [2.75, 3.05) is 5.32 Å². The van der Waals surface area contributed by atoms with Crippen molar-refractivity contribution >= 4 is 34.0 Å². The normalized spacial score (nSPS) is 10.8. The van der Waals surface area contributed by atoms with E-state index in [1.54, 1.807) is 13.2 Å². The van der Waals surface area contributed by atoms with Crippen molar-refractivity contribution < 1.29 is 4.79 Å². The standard InChI is InChI=1S/C16H15ClN4OS/c1-9-4-5-11(10(2)6-9)13-8-23-16(18-13)19-15(22)14-12(17)7-21(3)20-14/h4-8H,1-3H3,(H,18,19,22). The third-order valence-electron chi connectivity index (χ3n) is 3.38. The highest BCUT2D eigenvalue weighted by molar-refractivity contribution is 7.14. The number of hydrogen-bond acceptors (Lipinski definition) is 4. The summed E-state index contributed by atoms with van der Waals surface area (Å²) in [5.74, 6) is -0.364. The molecule has 0 radical (unpaired) electrons. The number of carbonyl (C=O) groups excluding carboxylic acids is 1. The monoisotopic (exact) mass is 346 g/mol. The van der Waals surface area contributed by atoms with Crippen LogP contribution in [-0.4, -0.2) is 20.7 Å². The average Bonchev–Trinajstić information content (AvgIpc) is 3.05. The molecule has 23 heavy (non-hydrogen) atoms. The lowest BCUT2D eigenvalue weighted by Crippen LogP contribution is -2.13. The molecule has 3 aromatic rings. The van der Waals surface area contributed by atoms with E-state index < -0.39 is 0 Å². The van der Waals surface area contributed by atoms with E-state index in [-0.39, 0.29) is 11.6 Å². The molecule has 5 nitrogen and oxygen atoms in total. The van der Waals surface area contributed by atoms with E-state index in [1.807, 2.05) is 24.4 Å². The largest absolute Gasteiger partial charge is 0.296 e. The summed E-state index contributed by atoms with van der Waals surface area (Å²) in [4.78, 5) is 16.7. The van der Waals surface area contributed by atoms with Gasteiger partial charge in [-0.25, -0.2) is 4.98 Å². The van der Waals surface area contributed by atoms with E-state index in [9.17, 15) is 4.79 Å². The van der Waals surface area contributed by atoms with Gasteiger partial charge in [0.1, 0.15) is 0 Å². The number of aromatic nitrogens is 3. The van der Waals surface area contributed by atoms with Gasteiger partial charge in [0.2, 0.25) is 0 Å². The summed E-state index contributed by atoms with van der Waals surface area (Å²) in [6.45, 7) is 4.10. The lowest BCUT2D eigenvalue weighted by atomic mass is 10.0. The first-order valence-electron chi connectivity index (χ1n) is 6.97. The zero-order valence-electron chi connectivity index (χ0n) is 12.9. The Kier molecular flexibility index (Phi) is 4.19. The first-order valence-corrected chi connectivity index (χ1v) is 8.23. The fraction of sp³-hybridized carbons (Fsp3) is 0.188. The SMILES string of the molecule is Cc1ccc(-c2csc(NC(=O)c3nn(C)cc3Cl)n2)c(C)c1. The summed E-state index contributed by atoms with van der Waals surface area (Å²) in [7, 11) is 1.71. The quantitative estimate of drug-likeness (QED) is 0.777. The number of rotatable bonds is 3. The van der Waals surface area contributed by atoms with Crippen molar-refractivity contribution in [2.45, 2.75) is 13.8 Å². The number of halogens is 1.